The summed E-state index contributed by atoms with van der Waals surface area (Å²) in [6, 6.07) is 7.65. The van der Waals surface area contributed by atoms with Crippen LogP contribution in [0.25, 0.3) is 5.82 Å². The first-order valence-corrected chi connectivity index (χ1v) is 6.07. The first-order chi connectivity index (χ1) is 8.31. The number of pyridine rings is 1. The molecule has 0 saturated heterocycles. The molecule has 2 rings (SSSR count). The van der Waals surface area contributed by atoms with E-state index in [2.05, 4.69) is 17.0 Å². The van der Waals surface area contributed by atoms with Crippen LogP contribution in [0.5, 0.6) is 0 Å². The average Bonchev–Trinajstić information content (AvgIpc) is 2.72. The molecule has 2 heterocycles. The molecular formula is C13H18N4. The van der Waals surface area contributed by atoms with Gasteiger partial charge in [-0.1, -0.05) is 25.8 Å². The molecular weight excluding hydrogens is 212 g/mol. The van der Waals surface area contributed by atoms with Gasteiger partial charge in [-0.05, 0) is 25.0 Å². The summed E-state index contributed by atoms with van der Waals surface area (Å²) in [4.78, 5) is 4.24. The molecule has 4 heteroatoms. The molecule has 0 bridgehead atoms. The molecule has 2 aromatic heterocycles. The van der Waals surface area contributed by atoms with Crippen molar-refractivity contribution in [1.29, 1.82) is 0 Å². The van der Waals surface area contributed by atoms with E-state index in [0.29, 0.717) is 5.82 Å². The Morgan fingerprint density at radius 1 is 1.29 bits per heavy atom. The third kappa shape index (κ3) is 2.84. The number of hydrogen-bond acceptors (Lipinski definition) is 3. The highest BCUT2D eigenvalue weighted by molar-refractivity contribution is 5.39. The highest BCUT2D eigenvalue weighted by Crippen LogP contribution is 2.14. The predicted octanol–water partition coefficient (Wildman–Crippen LogP) is 2.58. The van der Waals surface area contributed by atoms with E-state index < -0.39 is 0 Å². The molecule has 0 radical (unpaired) electrons. The van der Waals surface area contributed by atoms with Gasteiger partial charge in [-0.15, -0.1) is 0 Å². The van der Waals surface area contributed by atoms with Crippen LogP contribution in [0.4, 0.5) is 5.82 Å². The Balaban J connectivity index is 2.14. The van der Waals surface area contributed by atoms with Crippen LogP contribution in [0.3, 0.4) is 0 Å². The Kier molecular flexibility index (Phi) is 3.75. The first kappa shape index (κ1) is 11.6. The highest BCUT2D eigenvalue weighted by Gasteiger charge is 2.06. The van der Waals surface area contributed by atoms with Crippen molar-refractivity contribution < 1.29 is 0 Å². The molecule has 4 nitrogen and oxygen atoms in total. The first-order valence-electron chi connectivity index (χ1n) is 6.07. The van der Waals surface area contributed by atoms with Crippen LogP contribution in [0, 0.1) is 0 Å². The molecule has 17 heavy (non-hydrogen) atoms. The van der Waals surface area contributed by atoms with Crippen LogP contribution < -0.4 is 5.73 Å². The van der Waals surface area contributed by atoms with E-state index in [1.165, 1.54) is 12.8 Å². The van der Waals surface area contributed by atoms with Gasteiger partial charge in [0, 0.05) is 12.3 Å². The zero-order chi connectivity index (χ0) is 12.1. The quantitative estimate of drug-likeness (QED) is 0.803. The van der Waals surface area contributed by atoms with Crippen LogP contribution in [0.1, 0.15) is 31.9 Å². The molecule has 2 aromatic rings. The fraction of sp³-hybridized carbons (Fsp3) is 0.385. The van der Waals surface area contributed by atoms with Gasteiger partial charge >= 0.3 is 0 Å². The minimum absolute atomic E-state index is 0.648. The van der Waals surface area contributed by atoms with Gasteiger partial charge in [-0.3, -0.25) is 0 Å². The van der Waals surface area contributed by atoms with Crippen molar-refractivity contribution in [3.8, 4) is 5.82 Å². The summed E-state index contributed by atoms with van der Waals surface area (Å²) in [6.07, 6.45) is 6.34. The molecule has 0 aliphatic heterocycles. The van der Waals surface area contributed by atoms with Gasteiger partial charge in [0.1, 0.15) is 5.82 Å². The molecule has 2 N–H and O–H groups in total. The maximum absolute atomic E-state index is 5.94. The predicted molar refractivity (Wildman–Crippen MR) is 69.0 cm³/mol. The van der Waals surface area contributed by atoms with Crippen molar-refractivity contribution in [2.45, 2.75) is 32.6 Å². The van der Waals surface area contributed by atoms with Gasteiger partial charge in [-0.25, -0.2) is 4.98 Å². The summed E-state index contributed by atoms with van der Waals surface area (Å²) in [6.45, 7) is 2.20. The Bertz CT molecular complexity index is 462. The van der Waals surface area contributed by atoms with Crippen molar-refractivity contribution in [1.82, 2.24) is 14.8 Å². The molecule has 0 spiro atoms. The molecule has 0 aliphatic rings. The number of aromatic nitrogens is 3. The number of anilines is 1. The second-order valence-electron chi connectivity index (χ2n) is 4.12. The Morgan fingerprint density at radius 3 is 2.88 bits per heavy atom. The molecule has 0 unspecified atom stereocenters. The fourth-order valence-electron chi connectivity index (χ4n) is 1.79. The topological polar surface area (TPSA) is 56.7 Å². The van der Waals surface area contributed by atoms with E-state index >= 15 is 0 Å². The number of rotatable bonds is 5. The Hall–Kier alpha value is -1.84. The van der Waals surface area contributed by atoms with Crippen LogP contribution >= 0.6 is 0 Å². The zero-order valence-corrected chi connectivity index (χ0v) is 10.1. The SMILES string of the molecule is CCCCCc1cc(N)n(-c2ccccn2)n1. The van der Waals surface area contributed by atoms with Gasteiger partial charge in [0.2, 0.25) is 0 Å². The molecule has 0 saturated carbocycles. The average molecular weight is 230 g/mol. The van der Waals surface area contributed by atoms with Crippen LogP contribution in [-0.2, 0) is 6.42 Å². The second-order valence-corrected chi connectivity index (χ2v) is 4.12. The summed E-state index contributed by atoms with van der Waals surface area (Å²) < 4.78 is 1.70. The van der Waals surface area contributed by atoms with Gasteiger partial charge in [0.15, 0.2) is 5.82 Å². The standard InChI is InChI=1S/C13H18N4/c1-2-3-4-7-11-10-12(14)17(16-11)13-8-5-6-9-15-13/h5-6,8-10H,2-4,7,14H2,1H3. The summed E-state index contributed by atoms with van der Waals surface area (Å²) >= 11 is 0. The number of nitrogen functional groups attached to an aromatic ring is 1. The largest absolute Gasteiger partial charge is 0.384 e. The van der Waals surface area contributed by atoms with Crippen LogP contribution in [0.15, 0.2) is 30.5 Å². The highest BCUT2D eigenvalue weighted by atomic mass is 15.3. The molecule has 0 aromatic carbocycles. The summed E-state index contributed by atoms with van der Waals surface area (Å²) in [7, 11) is 0. The lowest BCUT2D eigenvalue weighted by Crippen LogP contribution is -2.03. The number of aryl methyl sites for hydroxylation is 1. The molecule has 0 amide bonds. The van der Waals surface area contributed by atoms with E-state index in [1.54, 1.807) is 10.9 Å². The third-order valence-corrected chi connectivity index (χ3v) is 2.69. The molecule has 0 atom stereocenters. The summed E-state index contributed by atoms with van der Waals surface area (Å²) in [5, 5.41) is 4.48. The maximum atomic E-state index is 5.94. The Morgan fingerprint density at radius 2 is 2.18 bits per heavy atom. The van der Waals surface area contributed by atoms with E-state index in [9.17, 15) is 0 Å². The van der Waals surface area contributed by atoms with Crippen LogP contribution in [-0.4, -0.2) is 14.8 Å². The van der Waals surface area contributed by atoms with E-state index in [0.717, 1.165) is 24.4 Å². The van der Waals surface area contributed by atoms with Crippen molar-refractivity contribution >= 4 is 5.82 Å². The summed E-state index contributed by atoms with van der Waals surface area (Å²) in [5.41, 5.74) is 6.98. The van der Waals surface area contributed by atoms with Gasteiger partial charge in [0.05, 0.1) is 5.69 Å². The minimum Gasteiger partial charge on any atom is -0.384 e. The lowest BCUT2D eigenvalue weighted by atomic mass is 10.2. The van der Waals surface area contributed by atoms with Crippen molar-refractivity contribution in [3.63, 3.8) is 0 Å². The molecule has 90 valence electrons. The van der Waals surface area contributed by atoms with E-state index in [4.69, 9.17) is 5.73 Å². The minimum atomic E-state index is 0.648. The second kappa shape index (κ2) is 5.48. The maximum Gasteiger partial charge on any atom is 0.155 e. The number of nitrogens with zero attached hydrogens (tertiary/aromatic N) is 3. The van der Waals surface area contributed by atoms with Crippen molar-refractivity contribution in [3.05, 3.63) is 36.2 Å². The third-order valence-electron chi connectivity index (χ3n) is 2.69. The van der Waals surface area contributed by atoms with Crippen molar-refractivity contribution in [2.75, 3.05) is 5.73 Å². The van der Waals surface area contributed by atoms with Gasteiger partial charge in [-0.2, -0.15) is 9.78 Å². The van der Waals surface area contributed by atoms with Gasteiger partial charge < -0.3 is 5.73 Å². The van der Waals surface area contributed by atoms with E-state index in [1.807, 2.05) is 24.3 Å². The number of unbranched alkanes of at least 4 members (excludes halogenated alkanes) is 2. The number of hydrogen-bond donors (Lipinski definition) is 1. The van der Waals surface area contributed by atoms with Gasteiger partial charge in [0.25, 0.3) is 0 Å². The summed E-state index contributed by atoms with van der Waals surface area (Å²) in [5.74, 6) is 1.42. The lowest BCUT2D eigenvalue weighted by Gasteiger charge is -2.01. The van der Waals surface area contributed by atoms with E-state index in [-0.39, 0.29) is 0 Å². The van der Waals surface area contributed by atoms with Crippen molar-refractivity contribution in [2.24, 2.45) is 0 Å². The molecule has 0 fully saturated rings. The normalized spacial score (nSPS) is 10.6. The zero-order valence-electron chi connectivity index (χ0n) is 10.1. The molecule has 0 aliphatic carbocycles. The van der Waals surface area contributed by atoms with Crippen LogP contribution in [0.2, 0.25) is 0 Å². The smallest absolute Gasteiger partial charge is 0.155 e. The monoisotopic (exact) mass is 230 g/mol. The lowest BCUT2D eigenvalue weighted by molar-refractivity contribution is 0.696. The fourth-order valence-corrected chi connectivity index (χ4v) is 1.79. The number of nitrogens with two attached hydrogens (primary N) is 1. The Labute approximate surface area is 101 Å².